The van der Waals surface area contributed by atoms with Gasteiger partial charge in [0, 0.05) is 12.6 Å². The first kappa shape index (κ1) is 16.0. The lowest BCUT2D eigenvalue weighted by molar-refractivity contribution is -0.119. The molecule has 1 N–H and O–H groups in total. The van der Waals surface area contributed by atoms with Gasteiger partial charge in [-0.1, -0.05) is 17.3 Å². The fraction of sp³-hybridized carbons (Fsp3) is 0.353. The minimum absolute atomic E-state index is 0.207. The van der Waals surface area contributed by atoms with Gasteiger partial charge < -0.3 is 19.5 Å². The molecule has 126 valence electrons. The molecule has 1 aromatic carbocycles. The zero-order chi connectivity index (χ0) is 17.1. The van der Waals surface area contributed by atoms with Crippen molar-refractivity contribution in [2.24, 2.45) is 0 Å². The van der Waals surface area contributed by atoms with Crippen LogP contribution in [0.5, 0.6) is 5.75 Å². The Morgan fingerprint density at radius 3 is 2.88 bits per heavy atom. The van der Waals surface area contributed by atoms with Crippen LogP contribution in [0.3, 0.4) is 0 Å². The minimum Gasteiger partial charge on any atom is -0.496 e. The highest BCUT2D eigenvalue weighted by Crippen LogP contribution is 2.25. The number of likely N-dealkylation sites (tertiary alicyclic amines) is 1. The standard InChI is InChI=1S/C17H19N3O4/c1-11-10-15(19-24-11)18-16(21)13-7-5-9-20(13)17(22)12-6-3-4-8-14(12)23-2/h3-4,6,8,10,13H,5,7,9H2,1-2H3,(H,18,19,21)/t13-/m0/s1. The van der Waals surface area contributed by atoms with Crippen LogP contribution in [0.25, 0.3) is 0 Å². The summed E-state index contributed by atoms with van der Waals surface area (Å²) >= 11 is 0. The Bertz CT molecular complexity index is 756. The lowest BCUT2D eigenvalue weighted by Crippen LogP contribution is -2.43. The third-order valence-corrected chi connectivity index (χ3v) is 4.03. The van der Waals surface area contributed by atoms with E-state index in [9.17, 15) is 9.59 Å². The Kier molecular flexibility index (Phi) is 4.50. The Labute approximate surface area is 139 Å². The molecule has 2 amide bonds. The molecule has 1 aliphatic heterocycles. The van der Waals surface area contributed by atoms with Crippen LogP contribution in [-0.2, 0) is 4.79 Å². The van der Waals surface area contributed by atoms with Crippen molar-refractivity contribution in [3.63, 3.8) is 0 Å². The van der Waals surface area contributed by atoms with Gasteiger partial charge in [-0.05, 0) is 31.9 Å². The molecule has 0 aliphatic carbocycles. The Balaban J connectivity index is 1.77. The molecule has 0 bridgehead atoms. The molecule has 1 aromatic heterocycles. The van der Waals surface area contributed by atoms with Crippen LogP contribution in [0.2, 0.25) is 0 Å². The van der Waals surface area contributed by atoms with Gasteiger partial charge in [0.15, 0.2) is 5.82 Å². The molecular weight excluding hydrogens is 310 g/mol. The molecule has 7 heteroatoms. The van der Waals surface area contributed by atoms with E-state index in [1.165, 1.54) is 7.11 Å². The molecule has 3 rings (SSSR count). The highest BCUT2D eigenvalue weighted by Gasteiger charge is 2.35. The first-order chi connectivity index (χ1) is 11.6. The zero-order valence-corrected chi connectivity index (χ0v) is 13.6. The number of carbonyl (C=O) groups is 2. The number of carbonyl (C=O) groups excluding carboxylic acids is 2. The summed E-state index contributed by atoms with van der Waals surface area (Å²) in [4.78, 5) is 26.9. The van der Waals surface area contributed by atoms with E-state index in [0.29, 0.717) is 35.9 Å². The van der Waals surface area contributed by atoms with Crippen LogP contribution in [0, 0.1) is 6.92 Å². The normalized spacial score (nSPS) is 16.9. The number of aryl methyl sites for hydroxylation is 1. The number of hydrogen-bond donors (Lipinski definition) is 1. The van der Waals surface area contributed by atoms with Crippen molar-refractivity contribution in [1.82, 2.24) is 10.1 Å². The lowest BCUT2D eigenvalue weighted by Gasteiger charge is -2.24. The minimum atomic E-state index is -0.528. The second-order valence-corrected chi connectivity index (χ2v) is 5.67. The van der Waals surface area contributed by atoms with E-state index in [-0.39, 0.29) is 11.8 Å². The number of methoxy groups -OCH3 is 1. The van der Waals surface area contributed by atoms with Gasteiger partial charge in [-0.2, -0.15) is 0 Å². The summed E-state index contributed by atoms with van der Waals surface area (Å²) in [6.07, 6.45) is 1.39. The third kappa shape index (κ3) is 3.10. The van der Waals surface area contributed by atoms with Crippen molar-refractivity contribution in [3.05, 3.63) is 41.7 Å². The highest BCUT2D eigenvalue weighted by atomic mass is 16.5. The van der Waals surface area contributed by atoms with Gasteiger partial charge in [0.05, 0.1) is 12.7 Å². The van der Waals surface area contributed by atoms with Gasteiger partial charge in [-0.15, -0.1) is 0 Å². The molecule has 1 saturated heterocycles. The largest absolute Gasteiger partial charge is 0.496 e. The summed E-state index contributed by atoms with van der Waals surface area (Å²) in [7, 11) is 1.52. The molecule has 1 fully saturated rings. The first-order valence-corrected chi connectivity index (χ1v) is 7.78. The van der Waals surface area contributed by atoms with Gasteiger partial charge in [-0.25, -0.2) is 0 Å². The van der Waals surface area contributed by atoms with E-state index in [2.05, 4.69) is 10.5 Å². The van der Waals surface area contributed by atoms with Crippen LogP contribution in [0.15, 0.2) is 34.9 Å². The molecule has 24 heavy (non-hydrogen) atoms. The fourth-order valence-electron chi connectivity index (χ4n) is 2.89. The zero-order valence-electron chi connectivity index (χ0n) is 13.6. The average molecular weight is 329 g/mol. The number of benzene rings is 1. The second-order valence-electron chi connectivity index (χ2n) is 5.67. The van der Waals surface area contributed by atoms with Gasteiger partial charge in [0.2, 0.25) is 5.91 Å². The summed E-state index contributed by atoms with van der Waals surface area (Å²) < 4.78 is 10.2. The maximum absolute atomic E-state index is 12.8. The Morgan fingerprint density at radius 2 is 2.17 bits per heavy atom. The molecule has 1 aliphatic rings. The van der Waals surface area contributed by atoms with Crippen molar-refractivity contribution in [2.45, 2.75) is 25.8 Å². The molecule has 0 unspecified atom stereocenters. The number of nitrogens with one attached hydrogen (secondary N) is 1. The number of aromatic nitrogens is 1. The number of nitrogens with zero attached hydrogens (tertiary/aromatic N) is 2. The summed E-state index contributed by atoms with van der Waals surface area (Å²) in [6, 6.07) is 8.13. The molecule has 0 saturated carbocycles. The number of para-hydroxylation sites is 1. The van der Waals surface area contributed by atoms with Crippen molar-refractivity contribution in [3.8, 4) is 5.75 Å². The van der Waals surface area contributed by atoms with E-state index in [1.54, 1.807) is 42.2 Å². The van der Waals surface area contributed by atoms with Crippen LogP contribution in [-0.4, -0.2) is 41.6 Å². The van der Waals surface area contributed by atoms with E-state index in [0.717, 1.165) is 6.42 Å². The van der Waals surface area contributed by atoms with E-state index in [1.807, 2.05) is 0 Å². The quantitative estimate of drug-likeness (QED) is 0.930. The third-order valence-electron chi connectivity index (χ3n) is 4.03. The molecule has 0 radical (unpaired) electrons. The number of rotatable bonds is 4. The van der Waals surface area contributed by atoms with Crippen LogP contribution in [0.4, 0.5) is 5.82 Å². The molecule has 2 aromatic rings. The van der Waals surface area contributed by atoms with Gasteiger partial charge in [0.25, 0.3) is 5.91 Å². The summed E-state index contributed by atoms with van der Waals surface area (Å²) in [5.74, 6) is 0.999. The summed E-state index contributed by atoms with van der Waals surface area (Å²) in [6.45, 7) is 2.28. The summed E-state index contributed by atoms with van der Waals surface area (Å²) in [5.41, 5.74) is 0.456. The van der Waals surface area contributed by atoms with Crippen molar-refractivity contribution in [2.75, 3.05) is 19.0 Å². The molecule has 1 atom stereocenters. The number of ether oxygens (including phenoxy) is 1. The molecule has 7 nitrogen and oxygen atoms in total. The maximum atomic E-state index is 12.8. The van der Waals surface area contributed by atoms with E-state index in [4.69, 9.17) is 9.26 Å². The molecular formula is C17H19N3O4. The SMILES string of the molecule is COc1ccccc1C(=O)N1CCC[C@H]1C(=O)Nc1cc(C)on1. The number of amides is 2. The predicted octanol–water partition coefficient (Wildman–Crippen LogP) is 2.23. The number of hydrogen-bond acceptors (Lipinski definition) is 5. The topological polar surface area (TPSA) is 84.7 Å². The lowest BCUT2D eigenvalue weighted by atomic mass is 10.1. The van der Waals surface area contributed by atoms with Crippen LogP contribution < -0.4 is 10.1 Å². The second kappa shape index (κ2) is 6.74. The van der Waals surface area contributed by atoms with Gasteiger partial charge in [0.1, 0.15) is 17.6 Å². The smallest absolute Gasteiger partial charge is 0.258 e. The average Bonchev–Trinajstić information content (AvgIpc) is 3.23. The first-order valence-electron chi connectivity index (χ1n) is 7.78. The summed E-state index contributed by atoms with van der Waals surface area (Å²) in [5, 5.41) is 6.45. The molecule has 2 heterocycles. The van der Waals surface area contributed by atoms with Crippen molar-refractivity contribution in [1.29, 1.82) is 0 Å². The van der Waals surface area contributed by atoms with Gasteiger partial charge >= 0.3 is 0 Å². The van der Waals surface area contributed by atoms with Crippen LogP contribution >= 0.6 is 0 Å². The number of anilines is 1. The van der Waals surface area contributed by atoms with E-state index < -0.39 is 6.04 Å². The Morgan fingerprint density at radius 1 is 1.38 bits per heavy atom. The van der Waals surface area contributed by atoms with Crippen LogP contribution in [0.1, 0.15) is 29.0 Å². The molecule has 0 spiro atoms. The van der Waals surface area contributed by atoms with Crippen molar-refractivity contribution >= 4 is 17.6 Å². The van der Waals surface area contributed by atoms with Crippen molar-refractivity contribution < 1.29 is 18.8 Å². The predicted molar refractivity (Wildman–Crippen MR) is 86.9 cm³/mol. The maximum Gasteiger partial charge on any atom is 0.258 e. The monoisotopic (exact) mass is 329 g/mol. The highest BCUT2D eigenvalue weighted by molar-refractivity contribution is 6.02. The van der Waals surface area contributed by atoms with E-state index >= 15 is 0 Å². The van der Waals surface area contributed by atoms with Gasteiger partial charge in [-0.3, -0.25) is 9.59 Å². The Hall–Kier alpha value is -2.83. The fourth-order valence-corrected chi connectivity index (χ4v) is 2.89.